The minimum atomic E-state index is 0. The van der Waals surface area contributed by atoms with Crippen molar-refractivity contribution in [3.63, 3.8) is 0 Å². The van der Waals surface area contributed by atoms with E-state index in [1.807, 2.05) is 46.1 Å². The fourth-order valence-electron chi connectivity index (χ4n) is 3.59. The molecule has 2 aromatic carbocycles. The van der Waals surface area contributed by atoms with Crippen molar-refractivity contribution in [1.29, 1.82) is 0 Å². The average molecular weight is 544 g/mol. The van der Waals surface area contributed by atoms with Gasteiger partial charge in [-0.3, -0.25) is 4.79 Å². The van der Waals surface area contributed by atoms with E-state index in [1.54, 1.807) is 6.20 Å². The third-order valence-electron chi connectivity index (χ3n) is 5.25. The number of nitrogens with one attached hydrogen (secondary N) is 2. The number of halogens is 1. The topological polar surface area (TPSA) is 74.6 Å². The molecule has 1 aromatic heterocycles. The van der Waals surface area contributed by atoms with E-state index in [9.17, 15) is 4.79 Å². The van der Waals surface area contributed by atoms with Gasteiger partial charge in [-0.1, -0.05) is 24.3 Å². The van der Waals surface area contributed by atoms with Crippen LogP contribution in [0.3, 0.4) is 0 Å². The molecule has 3 aromatic rings. The number of anilines is 1. The maximum Gasteiger partial charge on any atom is 0.227 e. The summed E-state index contributed by atoms with van der Waals surface area (Å²) in [4.78, 5) is 18.5. The van der Waals surface area contributed by atoms with Gasteiger partial charge in [0.2, 0.25) is 5.91 Å². The summed E-state index contributed by atoms with van der Waals surface area (Å²) in [6.07, 6.45) is 5.29. The normalized spacial score (nSPS) is 13.7. The van der Waals surface area contributed by atoms with Crippen LogP contribution in [0.25, 0.3) is 5.69 Å². The lowest BCUT2D eigenvalue weighted by molar-refractivity contribution is -0.117. The highest BCUT2D eigenvalue weighted by molar-refractivity contribution is 14.0. The van der Waals surface area contributed by atoms with Crippen molar-refractivity contribution in [1.82, 2.24) is 20.4 Å². The molecule has 1 saturated heterocycles. The SMILES string of the molecule is CCNC(=NCc1ccc(N2CCCC2=O)cc1)NCc1ccc(-n2cccn2)cc1.I. The number of hydrogen-bond acceptors (Lipinski definition) is 3. The van der Waals surface area contributed by atoms with Gasteiger partial charge >= 0.3 is 0 Å². The van der Waals surface area contributed by atoms with Gasteiger partial charge in [0.1, 0.15) is 0 Å². The van der Waals surface area contributed by atoms with E-state index in [2.05, 4.69) is 46.9 Å². The van der Waals surface area contributed by atoms with Gasteiger partial charge in [0, 0.05) is 44.1 Å². The van der Waals surface area contributed by atoms with Crippen molar-refractivity contribution in [2.45, 2.75) is 32.9 Å². The van der Waals surface area contributed by atoms with E-state index >= 15 is 0 Å². The zero-order chi connectivity index (χ0) is 21.5. The van der Waals surface area contributed by atoms with Gasteiger partial charge in [-0.2, -0.15) is 5.10 Å². The van der Waals surface area contributed by atoms with Gasteiger partial charge in [0.25, 0.3) is 0 Å². The molecule has 0 spiro atoms. The predicted octanol–water partition coefficient (Wildman–Crippen LogP) is 3.87. The summed E-state index contributed by atoms with van der Waals surface area (Å²) >= 11 is 0. The first-order valence-electron chi connectivity index (χ1n) is 10.7. The quantitative estimate of drug-likeness (QED) is 0.269. The van der Waals surface area contributed by atoms with Gasteiger partial charge in [0.05, 0.1) is 12.2 Å². The molecule has 8 heteroatoms. The highest BCUT2D eigenvalue weighted by atomic mass is 127. The minimum Gasteiger partial charge on any atom is -0.357 e. The Bertz CT molecular complexity index is 1020. The smallest absolute Gasteiger partial charge is 0.227 e. The molecule has 32 heavy (non-hydrogen) atoms. The maximum absolute atomic E-state index is 11.9. The first-order valence-corrected chi connectivity index (χ1v) is 10.7. The molecular weight excluding hydrogens is 515 g/mol. The molecule has 0 atom stereocenters. The molecule has 0 aliphatic carbocycles. The van der Waals surface area contributed by atoms with Crippen molar-refractivity contribution in [3.8, 4) is 5.69 Å². The summed E-state index contributed by atoms with van der Waals surface area (Å²) < 4.78 is 1.84. The number of nitrogens with zero attached hydrogens (tertiary/aromatic N) is 4. The Morgan fingerprint density at radius 1 is 1.03 bits per heavy atom. The summed E-state index contributed by atoms with van der Waals surface area (Å²) in [6.45, 7) is 4.91. The van der Waals surface area contributed by atoms with E-state index in [-0.39, 0.29) is 29.9 Å². The fourth-order valence-corrected chi connectivity index (χ4v) is 3.59. The standard InChI is InChI=1S/C24H28N6O.HI/c1-2-25-24(27-18-20-8-12-22(13-9-20)30-16-4-14-28-30)26-17-19-6-10-21(11-7-19)29-15-3-5-23(29)31;/h4,6-14,16H,2-3,5,15,17-18H2,1H3,(H2,25,26,27);1H. The van der Waals surface area contributed by atoms with Crippen LogP contribution in [0.15, 0.2) is 72.0 Å². The fraction of sp³-hybridized carbons (Fsp3) is 0.292. The van der Waals surface area contributed by atoms with Gasteiger partial charge in [-0.25, -0.2) is 9.67 Å². The molecule has 1 aliphatic rings. The molecule has 0 saturated carbocycles. The summed E-state index contributed by atoms with van der Waals surface area (Å²) in [5.74, 6) is 0.986. The van der Waals surface area contributed by atoms with Crippen molar-refractivity contribution in [3.05, 3.63) is 78.1 Å². The second-order valence-electron chi connectivity index (χ2n) is 7.48. The molecule has 1 aliphatic heterocycles. The van der Waals surface area contributed by atoms with Crippen molar-refractivity contribution >= 4 is 41.5 Å². The van der Waals surface area contributed by atoms with Crippen molar-refractivity contribution < 1.29 is 4.79 Å². The van der Waals surface area contributed by atoms with Gasteiger partial charge in [0.15, 0.2) is 5.96 Å². The Morgan fingerprint density at radius 2 is 1.75 bits per heavy atom. The summed E-state index contributed by atoms with van der Waals surface area (Å²) in [5, 5.41) is 10.9. The number of carbonyl (C=O) groups excluding carboxylic acids is 1. The van der Waals surface area contributed by atoms with Crippen LogP contribution >= 0.6 is 24.0 Å². The molecule has 0 bridgehead atoms. The number of hydrogen-bond donors (Lipinski definition) is 2. The Balaban J connectivity index is 0.00000289. The van der Waals surface area contributed by atoms with Crippen LogP contribution < -0.4 is 15.5 Å². The van der Waals surface area contributed by atoms with Crippen molar-refractivity contribution in [2.75, 3.05) is 18.0 Å². The third-order valence-corrected chi connectivity index (χ3v) is 5.25. The Kier molecular flexibility index (Phi) is 8.66. The van der Waals surface area contributed by atoms with Gasteiger partial charge in [-0.15, -0.1) is 24.0 Å². The molecule has 2 heterocycles. The van der Waals surface area contributed by atoms with Crippen LogP contribution in [0.1, 0.15) is 30.9 Å². The molecule has 1 fully saturated rings. The lowest BCUT2D eigenvalue weighted by Gasteiger charge is -2.16. The monoisotopic (exact) mass is 544 g/mol. The second-order valence-corrected chi connectivity index (χ2v) is 7.48. The second kappa shape index (κ2) is 11.7. The Hall–Kier alpha value is -2.88. The zero-order valence-electron chi connectivity index (χ0n) is 18.2. The van der Waals surface area contributed by atoms with E-state index in [0.717, 1.165) is 42.4 Å². The van der Waals surface area contributed by atoms with E-state index in [0.29, 0.717) is 19.5 Å². The molecule has 168 valence electrons. The average Bonchev–Trinajstić information content (AvgIpc) is 3.49. The summed E-state index contributed by atoms with van der Waals surface area (Å²) in [6, 6.07) is 18.3. The summed E-state index contributed by atoms with van der Waals surface area (Å²) in [7, 11) is 0. The number of guanidine groups is 1. The van der Waals surface area contributed by atoms with Gasteiger partial charge in [-0.05, 0) is 54.8 Å². The van der Waals surface area contributed by atoms with Gasteiger partial charge < -0.3 is 15.5 Å². The van der Waals surface area contributed by atoms with Crippen LogP contribution in [0.5, 0.6) is 0 Å². The first kappa shape index (κ1) is 23.8. The molecule has 4 rings (SSSR count). The number of amides is 1. The number of benzene rings is 2. The van der Waals surface area contributed by atoms with Crippen LogP contribution in [-0.2, 0) is 17.9 Å². The van der Waals surface area contributed by atoms with Crippen molar-refractivity contribution in [2.24, 2.45) is 4.99 Å². The molecule has 1 amide bonds. The van der Waals surface area contributed by atoms with Crippen LogP contribution in [-0.4, -0.2) is 34.7 Å². The number of aromatic nitrogens is 2. The number of carbonyl (C=O) groups is 1. The largest absolute Gasteiger partial charge is 0.357 e. The van der Waals surface area contributed by atoms with Crippen LogP contribution in [0.2, 0.25) is 0 Å². The number of aliphatic imine (C=N–C) groups is 1. The Labute approximate surface area is 205 Å². The molecular formula is C24H29IN6O. The first-order chi connectivity index (χ1) is 15.2. The maximum atomic E-state index is 11.9. The third kappa shape index (κ3) is 6.09. The summed E-state index contributed by atoms with van der Waals surface area (Å²) in [5.41, 5.74) is 4.28. The van der Waals surface area contributed by atoms with Crippen LogP contribution in [0, 0.1) is 0 Å². The predicted molar refractivity (Wildman–Crippen MR) is 139 cm³/mol. The lowest BCUT2D eigenvalue weighted by Crippen LogP contribution is -2.36. The molecule has 2 N–H and O–H groups in total. The van der Waals surface area contributed by atoms with E-state index < -0.39 is 0 Å². The van der Waals surface area contributed by atoms with E-state index in [4.69, 9.17) is 4.99 Å². The highest BCUT2D eigenvalue weighted by Gasteiger charge is 2.21. The number of rotatable bonds is 7. The van der Waals surface area contributed by atoms with Crippen LogP contribution in [0.4, 0.5) is 5.69 Å². The highest BCUT2D eigenvalue weighted by Crippen LogP contribution is 2.21. The van der Waals surface area contributed by atoms with E-state index in [1.165, 1.54) is 5.56 Å². The molecule has 0 radical (unpaired) electrons. The minimum absolute atomic E-state index is 0. The lowest BCUT2D eigenvalue weighted by atomic mass is 10.2. The Morgan fingerprint density at radius 3 is 2.38 bits per heavy atom. The zero-order valence-corrected chi connectivity index (χ0v) is 20.5. The molecule has 0 unspecified atom stereocenters. The molecule has 7 nitrogen and oxygen atoms in total.